The Hall–Kier alpha value is -4.17. The van der Waals surface area contributed by atoms with Crippen LogP contribution in [-0.2, 0) is 17.9 Å². The van der Waals surface area contributed by atoms with E-state index >= 15 is 0 Å². The molecule has 3 amide bonds. The summed E-state index contributed by atoms with van der Waals surface area (Å²) in [5, 5.41) is 8.62. The number of nitrogens with zero attached hydrogens (tertiary/aromatic N) is 1. The number of hydrogen-bond donors (Lipinski definition) is 3. The molecule has 0 radical (unpaired) electrons. The van der Waals surface area contributed by atoms with Crippen LogP contribution in [0.1, 0.15) is 31.8 Å². The average molecular weight is 489 g/mol. The Morgan fingerprint density at radius 1 is 0.722 bits per heavy atom. The van der Waals surface area contributed by atoms with Crippen molar-refractivity contribution in [3.05, 3.63) is 107 Å². The fourth-order valence-electron chi connectivity index (χ4n) is 3.53. The highest BCUT2D eigenvalue weighted by atomic mass is 16.5. The van der Waals surface area contributed by atoms with E-state index in [1.54, 1.807) is 41.3 Å². The lowest BCUT2D eigenvalue weighted by atomic mass is 10.1. The van der Waals surface area contributed by atoms with E-state index in [4.69, 9.17) is 4.74 Å². The van der Waals surface area contributed by atoms with Crippen molar-refractivity contribution in [1.29, 1.82) is 0 Å². The first-order chi connectivity index (χ1) is 17.6. The molecule has 3 aromatic rings. The van der Waals surface area contributed by atoms with Crippen molar-refractivity contribution in [3.63, 3.8) is 0 Å². The van der Waals surface area contributed by atoms with Crippen LogP contribution < -0.4 is 16.0 Å². The molecule has 0 aliphatic carbocycles. The molecular formula is C28H32N4O4. The lowest BCUT2D eigenvalue weighted by molar-refractivity contribution is 0.0746. The summed E-state index contributed by atoms with van der Waals surface area (Å²) in [5.41, 5.74) is 3.07. The summed E-state index contributed by atoms with van der Waals surface area (Å²) in [6, 6.07) is 25.7. The van der Waals surface area contributed by atoms with Gasteiger partial charge in [-0.05, 0) is 42.4 Å². The highest BCUT2D eigenvalue weighted by Gasteiger charge is 2.16. The Kier molecular flexibility index (Phi) is 10.5. The molecule has 8 heteroatoms. The molecular weight excluding hydrogens is 456 g/mol. The first kappa shape index (κ1) is 26.4. The molecule has 0 atom stereocenters. The minimum atomic E-state index is -0.555. The molecule has 0 fully saturated rings. The normalized spacial score (nSPS) is 10.4. The summed E-state index contributed by atoms with van der Waals surface area (Å²) in [6.45, 7) is 1.94. The van der Waals surface area contributed by atoms with Gasteiger partial charge in [0.15, 0.2) is 0 Å². The summed E-state index contributed by atoms with van der Waals surface area (Å²) in [7, 11) is 1.87. The summed E-state index contributed by atoms with van der Waals surface area (Å²) in [4.78, 5) is 39.2. The van der Waals surface area contributed by atoms with Crippen LogP contribution >= 0.6 is 0 Å². The number of rotatable bonds is 12. The Balaban J connectivity index is 1.50. The molecule has 0 spiro atoms. The van der Waals surface area contributed by atoms with Crippen molar-refractivity contribution in [2.45, 2.75) is 13.2 Å². The first-order valence-electron chi connectivity index (χ1n) is 11.9. The Bertz CT molecular complexity index is 1110. The van der Waals surface area contributed by atoms with E-state index in [1.807, 2.05) is 55.6 Å². The van der Waals surface area contributed by atoms with Gasteiger partial charge in [-0.25, -0.2) is 4.79 Å². The number of benzene rings is 3. The zero-order valence-electron chi connectivity index (χ0n) is 20.4. The lowest BCUT2D eigenvalue weighted by Gasteiger charge is -2.23. The highest BCUT2D eigenvalue weighted by molar-refractivity contribution is 5.95. The van der Waals surface area contributed by atoms with Gasteiger partial charge in [-0.1, -0.05) is 60.7 Å². The van der Waals surface area contributed by atoms with E-state index in [0.717, 1.165) is 17.7 Å². The van der Waals surface area contributed by atoms with Crippen LogP contribution in [0.15, 0.2) is 84.9 Å². The molecule has 8 nitrogen and oxygen atoms in total. The van der Waals surface area contributed by atoms with Crippen molar-refractivity contribution in [3.8, 4) is 0 Å². The van der Waals surface area contributed by atoms with Crippen LogP contribution in [0.5, 0.6) is 0 Å². The van der Waals surface area contributed by atoms with E-state index in [2.05, 4.69) is 16.0 Å². The summed E-state index contributed by atoms with van der Waals surface area (Å²) in [6.07, 6.45) is -0.555. The van der Waals surface area contributed by atoms with Crippen molar-refractivity contribution in [1.82, 2.24) is 20.9 Å². The van der Waals surface area contributed by atoms with E-state index in [9.17, 15) is 14.4 Å². The van der Waals surface area contributed by atoms with Gasteiger partial charge in [0.2, 0.25) is 0 Å². The second-order valence-corrected chi connectivity index (χ2v) is 8.13. The van der Waals surface area contributed by atoms with Crippen LogP contribution in [0, 0.1) is 0 Å². The molecule has 0 unspecified atom stereocenters. The van der Waals surface area contributed by atoms with Crippen molar-refractivity contribution >= 4 is 17.9 Å². The molecule has 0 bridgehead atoms. The fraction of sp³-hybridized carbons (Fsp3) is 0.250. The molecule has 0 heterocycles. The number of carbonyl (C=O) groups is 3. The summed E-state index contributed by atoms with van der Waals surface area (Å²) in [5.74, 6) is -0.388. The molecule has 0 aliphatic heterocycles. The second-order valence-electron chi connectivity index (χ2n) is 8.13. The van der Waals surface area contributed by atoms with E-state index in [-0.39, 0.29) is 44.6 Å². The maximum absolute atomic E-state index is 13.0. The number of alkyl carbamates (subject to hydrolysis) is 1. The predicted octanol–water partition coefficient (Wildman–Crippen LogP) is 3.20. The molecule has 3 rings (SSSR count). The number of carbonyl (C=O) groups excluding carboxylic acids is 3. The van der Waals surface area contributed by atoms with Gasteiger partial charge in [0.05, 0.1) is 0 Å². The van der Waals surface area contributed by atoms with Crippen LogP contribution in [0.2, 0.25) is 0 Å². The van der Waals surface area contributed by atoms with Crippen LogP contribution in [-0.4, -0.2) is 56.0 Å². The molecule has 0 aromatic heterocycles. The largest absolute Gasteiger partial charge is 0.445 e. The third kappa shape index (κ3) is 8.56. The van der Waals surface area contributed by atoms with Gasteiger partial charge in [0.25, 0.3) is 11.8 Å². The summed E-state index contributed by atoms with van der Waals surface area (Å²) < 4.78 is 5.23. The highest BCUT2D eigenvalue weighted by Crippen LogP contribution is 2.06. The van der Waals surface area contributed by atoms with Gasteiger partial charge in [-0.15, -0.1) is 0 Å². The standard InChI is InChI=1S/C28H32N4O4/c1-29-20-22-12-14-24(15-13-22)26(33)30-16-18-32(27(34)25-10-6-3-7-11-25)19-17-31-28(35)36-21-23-8-4-2-5-9-23/h2-15,29H,16-21H2,1H3,(H,30,33)(H,31,35). The van der Waals surface area contributed by atoms with Crippen molar-refractivity contribution < 1.29 is 19.1 Å². The molecule has 0 saturated heterocycles. The average Bonchev–Trinajstić information content (AvgIpc) is 2.92. The maximum atomic E-state index is 13.0. The fourth-order valence-corrected chi connectivity index (χ4v) is 3.53. The van der Waals surface area contributed by atoms with Gasteiger partial charge in [-0.2, -0.15) is 0 Å². The second kappa shape index (κ2) is 14.3. The zero-order chi connectivity index (χ0) is 25.6. The topological polar surface area (TPSA) is 99.8 Å². The molecule has 188 valence electrons. The molecule has 3 aromatic carbocycles. The Morgan fingerprint density at radius 2 is 1.33 bits per heavy atom. The minimum Gasteiger partial charge on any atom is -0.445 e. The van der Waals surface area contributed by atoms with Gasteiger partial charge >= 0.3 is 6.09 Å². The molecule has 3 N–H and O–H groups in total. The summed E-state index contributed by atoms with van der Waals surface area (Å²) >= 11 is 0. The third-order valence-electron chi connectivity index (χ3n) is 5.44. The predicted molar refractivity (Wildman–Crippen MR) is 139 cm³/mol. The SMILES string of the molecule is CNCc1ccc(C(=O)NCCN(CCNC(=O)OCc2ccccc2)C(=O)c2ccccc2)cc1. The van der Waals surface area contributed by atoms with Crippen LogP contribution in [0.3, 0.4) is 0 Å². The Morgan fingerprint density at radius 3 is 1.97 bits per heavy atom. The van der Waals surface area contributed by atoms with Crippen LogP contribution in [0.4, 0.5) is 4.79 Å². The first-order valence-corrected chi connectivity index (χ1v) is 11.9. The quantitative estimate of drug-likeness (QED) is 0.364. The van der Waals surface area contributed by atoms with E-state index < -0.39 is 6.09 Å². The van der Waals surface area contributed by atoms with Gasteiger partial charge < -0.3 is 25.6 Å². The van der Waals surface area contributed by atoms with Crippen molar-refractivity contribution in [2.75, 3.05) is 33.2 Å². The lowest BCUT2D eigenvalue weighted by Crippen LogP contribution is -2.42. The number of amides is 3. The van der Waals surface area contributed by atoms with Gasteiger partial charge in [0, 0.05) is 43.9 Å². The van der Waals surface area contributed by atoms with Gasteiger partial charge in [-0.3, -0.25) is 9.59 Å². The monoisotopic (exact) mass is 488 g/mol. The number of hydrogen-bond acceptors (Lipinski definition) is 5. The Labute approximate surface area is 211 Å². The van der Waals surface area contributed by atoms with E-state index in [0.29, 0.717) is 11.1 Å². The maximum Gasteiger partial charge on any atom is 0.407 e. The molecule has 0 aliphatic rings. The number of nitrogens with one attached hydrogen (secondary N) is 3. The zero-order valence-corrected chi connectivity index (χ0v) is 20.4. The van der Waals surface area contributed by atoms with Crippen LogP contribution in [0.25, 0.3) is 0 Å². The smallest absolute Gasteiger partial charge is 0.407 e. The van der Waals surface area contributed by atoms with E-state index in [1.165, 1.54) is 0 Å². The number of ether oxygens (including phenoxy) is 1. The minimum absolute atomic E-state index is 0.168. The third-order valence-corrected chi connectivity index (χ3v) is 5.44. The molecule has 0 saturated carbocycles. The van der Waals surface area contributed by atoms with Gasteiger partial charge in [0.1, 0.15) is 6.61 Å². The van der Waals surface area contributed by atoms with Crippen molar-refractivity contribution in [2.24, 2.45) is 0 Å². The molecule has 36 heavy (non-hydrogen) atoms.